The van der Waals surface area contributed by atoms with Crippen molar-refractivity contribution in [1.29, 1.82) is 0 Å². The summed E-state index contributed by atoms with van der Waals surface area (Å²) in [5.41, 5.74) is 6.89. The van der Waals surface area contributed by atoms with Crippen molar-refractivity contribution in [2.24, 2.45) is 0 Å². The van der Waals surface area contributed by atoms with Gasteiger partial charge in [-0.15, -0.1) is 0 Å². The molecule has 214 valence electrons. The van der Waals surface area contributed by atoms with Gasteiger partial charge in [-0.2, -0.15) is 4.98 Å². The monoisotopic (exact) mass is 578 g/mol. The van der Waals surface area contributed by atoms with Gasteiger partial charge in [-0.25, -0.2) is 4.98 Å². The lowest BCUT2D eigenvalue weighted by Crippen LogP contribution is -2.32. The maximum absolute atomic E-state index is 13.7. The van der Waals surface area contributed by atoms with Gasteiger partial charge in [-0.1, -0.05) is 42.8 Å². The zero-order chi connectivity index (χ0) is 29.2. The first-order valence-corrected chi connectivity index (χ1v) is 15.0. The first-order chi connectivity index (χ1) is 20.4. The molecule has 0 atom stereocenters. The van der Waals surface area contributed by atoms with Crippen LogP contribution in [0.4, 0.5) is 11.6 Å². The number of piperidine rings is 1. The predicted molar refractivity (Wildman–Crippen MR) is 172 cm³/mol. The molecular formula is C34H35ClN6O. The third-order valence-corrected chi connectivity index (χ3v) is 8.62. The number of rotatable bonds is 7. The molecule has 6 rings (SSSR count). The number of pyridine rings is 2. The van der Waals surface area contributed by atoms with E-state index in [1.165, 1.54) is 18.4 Å². The van der Waals surface area contributed by atoms with E-state index in [9.17, 15) is 4.79 Å². The van der Waals surface area contributed by atoms with Crippen LogP contribution in [-0.4, -0.2) is 44.1 Å². The van der Waals surface area contributed by atoms with E-state index < -0.39 is 0 Å². The van der Waals surface area contributed by atoms with Crippen molar-refractivity contribution in [1.82, 2.24) is 24.4 Å². The van der Waals surface area contributed by atoms with Crippen LogP contribution in [0.15, 0.2) is 77.9 Å². The fourth-order valence-electron chi connectivity index (χ4n) is 5.89. The fraction of sp³-hybridized carbons (Fsp3) is 0.294. The van der Waals surface area contributed by atoms with Gasteiger partial charge in [-0.3, -0.25) is 14.3 Å². The van der Waals surface area contributed by atoms with Gasteiger partial charge in [0.2, 0.25) is 5.95 Å². The maximum atomic E-state index is 13.7. The lowest BCUT2D eigenvalue weighted by molar-refractivity contribution is 0.222. The van der Waals surface area contributed by atoms with Gasteiger partial charge < -0.3 is 10.2 Å². The molecule has 4 heterocycles. The second-order valence-electron chi connectivity index (χ2n) is 10.9. The highest BCUT2D eigenvalue weighted by Crippen LogP contribution is 2.33. The summed E-state index contributed by atoms with van der Waals surface area (Å²) in [7, 11) is 0. The van der Waals surface area contributed by atoms with Crippen molar-refractivity contribution in [3.05, 3.63) is 99.7 Å². The van der Waals surface area contributed by atoms with Gasteiger partial charge >= 0.3 is 0 Å². The van der Waals surface area contributed by atoms with Crippen LogP contribution in [-0.2, 0) is 6.54 Å². The number of aromatic nitrogens is 4. The molecule has 0 aliphatic carbocycles. The molecule has 8 heteroatoms. The molecule has 0 spiro atoms. The average Bonchev–Trinajstić information content (AvgIpc) is 3.01. The SMILES string of the molecule is CCN1CCC(c2ccc(Nc3ncc4cc(-c5ccc(-c6ccnc(C)c6)cc5Cl)c(=O)n(CC)c4n3)cc2)CC1. The number of hydrogen-bond acceptors (Lipinski definition) is 6. The van der Waals surface area contributed by atoms with Gasteiger partial charge in [0.1, 0.15) is 5.65 Å². The Morgan fingerprint density at radius 2 is 1.67 bits per heavy atom. The van der Waals surface area contributed by atoms with Crippen LogP contribution in [0.25, 0.3) is 33.3 Å². The third kappa shape index (κ3) is 5.67. The molecule has 1 aliphatic heterocycles. The summed E-state index contributed by atoms with van der Waals surface area (Å²) in [4.78, 5) is 29.8. The Balaban J connectivity index is 1.26. The number of hydrogen-bond donors (Lipinski definition) is 1. The second kappa shape index (κ2) is 12.0. The zero-order valence-electron chi connectivity index (χ0n) is 24.3. The summed E-state index contributed by atoms with van der Waals surface area (Å²) < 4.78 is 1.68. The van der Waals surface area contributed by atoms with E-state index in [-0.39, 0.29) is 5.56 Å². The first-order valence-electron chi connectivity index (χ1n) is 14.7. The Hall–Kier alpha value is -4.07. The van der Waals surface area contributed by atoms with E-state index in [2.05, 4.69) is 51.4 Å². The Morgan fingerprint density at radius 3 is 2.36 bits per heavy atom. The van der Waals surface area contributed by atoms with E-state index in [4.69, 9.17) is 16.6 Å². The highest BCUT2D eigenvalue weighted by Gasteiger charge is 2.20. The lowest BCUT2D eigenvalue weighted by Gasteiger charge is -2.31. The molecule has 0 radical (unpaired) electrons. The number of nitrogens with one attached hydrogen (secondary N) is 1. The Bertz CT molecular complexity index is 1790. The fourth-order valence-corrected chi connectivity index (χ4v) is 6.18. The van der Waals surface area contributed by atoms with Gasteiger partial charge in [0.25, 0.3) is 5.56 Å². The van der Waals surface area contributed by atoms with Crippen LogP contribution >= 0.6 is 11.6 Å². The molecule has 0 bridgehead atoms. The topological polar surface area (TPSA) is 75.9 Å². The van der Waals surface area contributed by atoms with Gasteiger partial charge in [0.05, 0.1) is 0 Å². The van der Waals surface area contributed by atoms with E-state index in [0.29, 0.717) is 40.2 Å². The molecule has 1 fully saturated rings. The molecular weight excluding hydrogens is 544 g/mol. The molecule has 0 amide bonds. The Morgan fingerprint density at radius 1 is 0.905 bits per heavy atom. The second-order valence-corrected chi connectivity index (χ2v) is 11.3. The Kier molecular flexibility index (Phi) is 8.05. The molecule has 7 nitrogen and oxygen atoms in total. The van der Waals surface area contributed by atoms with Crippen LogP contribution in [0.1, 0.15) is 43.9 Å². The molecule has 0 saturated carbocycles. The number of aryl methyl sites for hydroxylation is 2. The number of anilines is 2. The summed E-state index contributed by atoms with van der Waals surface area (Å²) in [5, 5.41) is 4.61. The number of halogens is 1. The predicted octanol–water partition coefficient (Wildman–Crippen LogP) is 7.45. The van der Waals surface area contributed by atoms with Gasteiger partial charge in [0, 0.05) is 51.9 Å². The smallest absolute Gasteiger partial charge is 0.260 e. The van der Waals surface area contributed by atoms with Crippen LogP contribution in [0.5, 0.6) is 0 Å². The highest BCUT2D eigenvalue weighted by atomic mass is 35.5. The molecule has 1 N–H and O–H groups in total. The molecule has 1 aliphatic rings. The van der Waals surface area contributed by atoms with Crippen molar-refractivity contribution in [2.75, 3.05) is 25.0 Å². The normalized spacial score (nSPS) is 14.4. The lowest BCUT2D eigenvalue weighted by atomic mass is 9.89. The van der Waals surface area contributed by atoms with Gasteiger partial charge in [0.15, 0.2) is 0 Å². The summed E-state index contributed by atoms with van der Waals surface area (Å²) in [6, 6.07) is 20.2. The highest BCUT2D eigenvalue weighted by molar-refractivity contribution is 6.33. The minimum absolute atomic E-state index is 0.137. The standard InChI is InChI=1S/C34H35ClN6O/c1-4-40-16-13-24(14-17-40)23-6-9-28(10-7-23)38-34-37-21-27-19-30(33(42)41(5-2)32(27)39-34)29-11-8-25(20-31(29)35)26-12-15-36-22(3)18-26/h6-12,15,18-21,24H,4-5,13-14,16-17H2,1-3H3,(H,37,38,39). The minimum atomic E-state index is -0.137. The van der Waals surface area contributed by atoms with E-state index in [1.54, 1.807) is 17.0 Å². The Labute approximate surface area is 251 Å². The van der Waals surface area contributed by atoms with Crippen molar-refractivity contribution >= 4 is 34.3 Å². The molecule has 42 heavy (non-hydrogen) atoms. The molecule has 1 saturated heterocycles. The van der Waals surface area contributed by atoms with Crippen molar-refractivity contribution in [3.8, 4) is 22.3 Å². The van der Waals surface area contributed by atoms with E-state index >= 15 is 0 Å². The zero-order valence-corrected chi connectivity index (χ0v) is 25.0. The molecule has 3 aromatic heterocycles. The van der Waals surface area contributed by atoms with Crippen LogP contribution in [0, 0.1) is 6.92 Å². The summed E-state index contributed by atoms with van der Waals surface area (Å²) in [5.74, 6) is 1.06. The number of nitrogens with zero attached hydrogens (tertiary/aromatic N) is 5. The summed E-state index contributed by atoms with van der Waals surface area (Å²) >= 11 is 6.75. The van der Waals surface area contributed by atoms with E-state index in [1.807, 2.05) is 50.2 Å². The quantitative estimate of drug-likeness (QED) is 0.216. The number of benzene rings is 2. The van der Waals surface area contributed by atoms with Gasteiger partial charge in [-0.05, 0) is 105 Å². The average molecular weight is 579 g/mol. The largest absolute Gasteiger partial charge is 0.324 e. The van der Waals surface area contributed by atoms with Crippen LogP contribution in [0.3, 0.4) is 0 Å². The minimum Gasteiger partial charge on any atom is -0.324 e. The summed E-state index contributed by atoms with van der Waals surface area (Å²) in [6.45, 7) is 10.1. The number of fused-ring (bicyclic) bond motifs is 1. The third-order valence-electron chi connectivity index (χ3n) is 8.31. The number of likely N-dealkylation sites (tertiary alicyclic amines) is 1. The molecule has 5 aromatic rings. The van der Waals surface area contributed by atoms with Crippen LogP contribution in [0.2, 0.25) is 5.02 Å². The van der Waals surface area contributed by atoms with Crippen molar-refractivity contribution in [3.63, 3.8) is 0 Å². The maximum Gasteiger partial charge on any atom is 0.260 e. The van der Waals surface area contributed by atoms with Crippen LogP contribution < -0.4 is 10.9 Å². The first kappa shape index (κ1) is 28.1. The van der Waals surface area contributed by atoms with Crippen molar-refractivity contribution in [2.45, 2.75) is 46.1 Å². The molecule has 0 unspecified atom stereocenters. The van der Waals surface area contributed by atoms with Crippen molar-refractivity contribution < 1.29 is 0 Å². The summed E-state index contributed by atoms with van der Waals surface area (Å²) in [6.07, 6.45) is 5.94. The van der Waals surface area contributed by atoms with E-state index in [0.717, 1.165) is 47.5 Å². The molecule has 2 aromatic carbocycles.